The maximum absolute atomic E-state index is 11.2. The number of carbonyl (C=O) groups is 1. The zero-order valence-corrected chi connectivity index (χ0v) is 10.4. The summed E-state index contributed by atoms with van der Waals surface area (Å²) >= 11 is 0. The first-order valence-electron chi connectivity index (χ1n) is 5.26. The van der Waals surface area contributed by atoms with Gasteiger partial charge >= 0.3 is 0 Å². The van der Waals surface area contributed by atoms with Crippen molar-refractivity contribution in [1.29, 1.82) is 0 Å². The van der Waals surface area contributed by atoms with Crippen LogP contribution in [0.1, 0.15) is 33.1 Å². The van der Waals surface area contributed by atoms with E-state index in [0.717, 1.165) is 19.4 Å². The molecule has 0 saturated heterocycles. The number of carbonyl (C=O) groups excluding carboxylic acids is 1. The van der Waals surface area contributed by atoms with Crippen molar-refractivity contribution in [3.8, 4) is 0 Å². The van der Waals surface area contributed by atoms with Gasteiger partial charge in [0.1, 0.15) is 0 Å². The first kappa shape index (κ1) is 17.1. The molecule has 0 fully saturated rings. The molecule has 3 N–H and O–H groups in total. The number of ether oxygens (including phenoxy) is 1. The van der Waals surface area contributed by atoms with Crippen LogP contribution in [0.2, 0.25) is 0 Å². The Hall–Kier alpha value is -0.320. The van der Waals surface area contributed by atoms with Crippen LogP contribution >= 0.6 is 12.4 Å². The molecule has 0 aliphatic carbocycles. The highest BCUT2D eigenvalue weighted by Gasteiger charge is 2.01. The Labute approximate surface area is 98.3 Å². The lowest BCUT2D eigenvalue weighted by atomic mass is 10.2. The minimum Gasteiger partial charge on any atom is -0.382 e. The van der Waals surface area contributed by atoms with Crippen LogP contribution < -0.4 is 11.1 Å². The van der Waals surface area contributed by atoms with Crippen molar-refractivity contribution in [2.45, 2.75) is 39.2 Å². The van der Waals surface area contributed by atoms with Crippen LogP contribution in [0.5, 0.6) is 0 Å². The summed E-state index contributed by atoms with van der Waals surface area (Å²) < 4.78 is 5.14. The summed E-state index contributed by atoms with van der Waals surface area (Å²) in [6.45, 7) is 6.00. The lowest BCUT2D eigenvalue weighted by molar-refractivity contribution is -0.121. The molecule has 0 bridgehead atoms. The number of amides is 1. The van der Waals surface area contributed by atoms with Gasteiger partial charge in [-0.25, -0.2) is 0 Å². The van der Waals surface area contributed by atoms with Crippen LogP contribution in [-0.2, 0) is 9.53 Å². The molecule has 92 valence electrons. The van der Waals surface area contributed by atoms with Crippen LogP contribution in [0.25, 0.3) is 0 Å². The van der Waals surface area contributed by atoms with E-state index in [1.165, 1.54) is 0 Å². The van der Waals surface area contributed by atoms with Gasteiger partial charge in [0, 0.05) is 32.2 Å². The smallest absolute Gasteiger partial charge is 0.220 e. The Kier molecular flexibility index (Phi) is 13.4. The third-order valence-electron chi connectivity index (χ3n) is 1.82. The standard InChI is InChI=1S/C10H22N2O2.ClH/c1-3-14-8-4-7-12-10(13)6-5-9(2)11;/h9H,3-8,11H2,1-2H3,(H,12,13);1H. The maximum atomic E-state index is 11.2. The molecule has 5 heteroatoms. The predicted octanol–water partition coefficient (Wildman–Crippen LogP) is 1.08. The topological polar surface area (TPSA) is 64.3 Å². The summed E-state index contributed by atoms with van der Waals surface area (Å²) in [7, 11) is 0. The lowest BCUT2D eigenvalue weighted by Crippen LogP contribution is -2.27. The Morgan fingerprint density at radius 2 is 2.20 bits per heavy atom. The van der Waals surface area contributed by atoms with E-state index in [1.807, 2.05) is 13.8 Å². The van der Waals surface area contributed by atoms with Crippen LogP contribution in [0.4, 0.5) is 0 Å². The van der Waals surface area contributed by atoms with Crippen molar-refractivity contribution in [2.75, 3.05) is 19.8 Å². The van der Waals surface area contributed by atoms with E-state index in [4.69, 9.17) is 10.5 Å². The number of nitrogens with two attached hydrogens (primary N) is 1. The summed E-state index contributed by atoms with van der Waals surface area (Å²) in [6, 6.07) is 0.101. The van der Waals surface area contributed by atoms with Gasteiger partial charge in [-0.3, -0.25) is 4.79 Å². The summed E-state index contributed by atoms with van der Waals surface area (Å²) in [6.07, 6.45) is 2.14. The van der Waals surface area contributed by atoms with Crippen molar-refractivity contribution in [3.05, 3.63) is 0 Å². The molecule has 0 aromatic carbocycles. The quantitative estimate of drug-likeness (QED) is 0.622. The normalized spacial score (nSPS) is 11.7. The van der Waals surface area contributed by atoms with E-state index >= 15 is 0 Å². The molecule has 0 aliphatic rings. The minimum absolute atomic E-state index is 0. The number of nitrogens with one attached hydrogen (secondary N) is 1. The van der Waals surface area contributed by atoms with Gasteiger partial charge in [-0.15, -0.1) is 12.4 Å². The van der Waals surface area contributed by atoms with Crippen molar-refractivity contribution in [2.24, 2.45) is 5.73 Å². The van der Waals surface area contributed by atoms with Crippen LogP contribution in [0.3, 0.4) is 0 Å². The minimum atomic E-state index is 0. The number of hydrogen-bond donors (Lipinski definition) is 2. The van der Waals surface area contributed by atoms with Gasteiger partial charge in [-0.2, -0.15) is 0 Å². The van der Waals surface area contributed by atoms with E-state index < -0.39 is 0 Å². The molecular formula is C10H23ClN2O2. The average Bonchev–Trinajstić information content (AvgIpc) is 2.14. The molecule has 0 aromatic rings. The second kappa shape index (κ2) is 11.8. The highest BCUT2D eigenvalue weighted by atomic mass is 35.5. The molecule has 1 unspecified atom stereocenters. The van der Waals surface area contributed by atoms with Gasteiger partial charge in [-0.1, -0.05) is 0 Å². The van der Waals surface area contributed by atoms with Crippen molar-refractivity contribution in [3.63, 3.8) is 0 Å². The molecule has 1 amide bonds. The second-order valence-electron chi connectivity index (χ2n) is 3.42. The van der Waals surface area contributed by atoms with Gasteiger partial charge in [0.15, 0.2) is 0 Å². The van der Waals surface area contributed by atoms with Crippen molar-refractivity contribution < 1.29 is 9.53 Å². The summed E-state index contributed by atoms with van der Waals surface area (Å²) in [5, 5.41) is 2.82. The van der Waals surface area contributed by atoms with Crippen molar-refractivity contribution in [1.82, 2.24) is 5.32 Å². The zero-order chi connectivity index (χ0) is 10.8. The van der Waals surface area contributed by atoms with E-state index in [0.29, 0.717) is 19.6 Å². The first-order chi connectivity index (χ1) is 6.66. The van der Waals surface area contributed by atoms with Gasteiger partial charge in [0.25, 0.3) is 0 Å². The highest BCUT2D eigenvalue weighted by Crippen LogP contribution is 1.92. The molecule has 1 atom stereocenters. The summed E-state index contributed by atoms with van der Waals surface area (Å²) in [4.78, 5) is 11.2. The Morgan fingerprint density at radius 3 is 2.73 bits per heavy atom. The predicted molar refractivity (Wildman–Crippen MR) is 64.3 cm³/mol. The number of hydrogen-bond acceptors (Lipinski definition) is 3. The lowest BCUT2D eigenvalue weighted by Gasteiger charge is -2.06. The second-order valence-corrected chi connectivity index (χ2v) is 3.42. The third-order valence-corrected chi connectivity index (χ3v) is 1.82. The fourth-order valence-corrected chi connectivity index (χ4v) is 0.994. The van der Waals surface area contributed by atoms with E-state index in [2.05, 4.69) is 5.32 Å². The van der Waals surface area contributed by atoms with Gasteiger partial charge in [0.2, 0.25) is 5.91 Å². The van der Waals surface area contributed by atoms with E-state index in [1.54, 1.807) is 0 Å². The summed E-state index contributed by atoms with van der Waals surface area (Å²) in [5.41, 5.74) is 5.54. The fraction of sp³-hybridized carbons (Fsp3) is 0.900. The molecule has 0 aromatic heterocycles. The molecule has 0 aliphatic heterocycles. The number of halogens is 1. The Balaban J connectivity index is 0. The van der Waals surface area contributed by atoms with Gasteiger partial charge in [-0.05, 0) is 26.7 Å². The molecule has 15 heavy (non-hydrogen) atoms. The molecule has 0 saturated carbocycles. The highest BCUT2D eigenvalue weighted by molar-refractivity contribution is 5.85. The third kappa shape index (κ3) is 13.7. The monoisotopic (exact) mass is 238 g/mol. The molecule has 4 nitrogen and oxygen atoms in total. The number of rotatable bonds is 8. The van der Waals surface area contributed by atoms with Gasteiger partial charge in [0.05, 0.1) is 0 Å². The Morgan fingerprint density at radius 1 is 1.53 bits per heavy atom. The van der Waals surface area contributed by atoms with Gasteiger partial charge < -0.3 is 15.8 Å². The SMILES string of the molecule is CCOCCCNC(=O)CCC(C)N.Cl. The van der Waals surface area contributed by atoms with E-state index in [9.17, 15) is 4.79 Å². The van der Waals surface area contributed by atoms with Crippen LogP contribution in [0, 0.1) is 0 Å². The maximum Gasteiger partial charge on any atom is 0.220 e. The van der Waals surface area contributed by atoms with E-state index in [-0.39, 0.29) is 24.4 Å². The van der Waals surface area contributed by atoms with Crippen LogP contribution in [-0.4, -0.2) is 31.7 Å². The molecule has 0 radical (unpaired) electrons. The molecular weight excluding hydrogens is 216 g/mol. The first-order valence-corrected chi connectivity index (χ1v) is 5.26. The molecule has 0 heterocycles. The Bertz CT molecular complexity index is 154. The fourth-order valence-electron chi connectivity index (χ4n) is 0.994. The van der Waals surface area contributed by atoms with Crippen molar-refractivity contribution >= 4 is 18.3 Å². The molecule has 0 rings (SSSR count). The zero-order valence-electron chi connectivity index (χ0n) is 9.62. The summed E-state index contributed by atoms with van der Waals surface area (Å²) in [5.74, 6) is 0.0822. The average molecular weight is 239 g/mol. The largest absolute Gasteiger partial charge is 0.382 e. The van der Waals surface area contributed by atoms with Crippen LogP contribution in [0.15, 0.2) is 0 Å². The molecule has 0 spiro atoms.